The van der Waals surface area contributed by atoms with Gasteiger partial charge in [-0.2, -0.15) is 0 Å². The molecule has 1 fully saturated rings. The lowest BCUT2D eigenvalue weighted by Gasteiger charge is -2.15. The highest BCUT2D eigenvalue weighted by molar-refractivity contribution is 7.71. The van der Waals surface area contributed by atoms with Crippen molar-refractivity contribution in [1.82, 2.24) is 14.5 Å². The number of nitrogens with one attached hydrogen (secondary N) is 1. The summed E-state index contributed by atoms with van der Waals surface area (Å²) in [6.45, 7) is 6.82. The minimum Gasteiger partial charge on any atom is -0.337 e. The van der Waals surface area contributed by atoms with Gasteiger partial charge in [-0.05, 0) is 43.2 Å². The quantitative estimate of drug-likeness (QED) is 0.869. The molecule has 3 rings (SSSR count). The lowest BCUT2D eigenvalue weighted by Crippen LogP contribution is -2.21. The van der Waals surface area contributed by atoms with Gasteiger partial charge in [0.1, 0.15) is 0 Å². The van der Waals surface area contributed by atoms with Gasteiger partial charge in [0.05, 0.1) is 5.69 Å². The third kappa shape index (κ3) is 2.72. The van der Waals surface area contributed by atoms with Crippen molar-refractivity contribution in [2.45, 2.75) is 19.9 Å². The van der Waals surface area contributed by atoms with E-state index in [9.17, 15) is 0 Å². The first kappa shape index (κ1) is 13.6. The Hall–Kier alpha value is -1.39. The first-order chi connectivity index (χ1) is 9.78. The van der Waals surface area contributed by atoms with Crippen LogP contribution in [0.3, 0.4) is 0 Å². The van der Waals surface area contributed by atoms with Crippen LogP contribution in [0.4, 0.5) is 0 Å². The molecule has 1 aromatic carbocycles. The maximum atomic E-state index is 5.46. The second kappa shape index (κ2) is 5.94. The maximum Gasteiger partial charge on any atom is 0.177 e. The first-order valence-corrected chi connectivity index (χ1v) is 7.74. The molecule has 0 amide bonds. The van der Waals surface area contributed by atoms with Gasteiger partial charge < -0.3 is 14.5 Å². The molecule has 0 saturated carbocycles. The Labute approximate surface area is 125 Å². The number of H-pyrrole nitrogens is 1. The van der Waals surface area contributed by atoms with Crippen LogP contribution in [0.2, 0.25) is 0 Å². The highest BCUT2D eigenvalue weighted by Gasteiger charge is 2.22. The summed E-state index contributed by atoms with van der Waals surface area (Å²) in [7, 11) is 0. The molecule has 1 aliphatic heterocycles. The molecule has 0 aliphatic carbocycles. The highest BCUT2D eigenvalue weighted by atomic mass is 32.1. The summed E-state index contributed by atoms with van der Waals surface area (Å²) in [5.41, 5.74) is 2.43. The lowest BCUT2D eigenvalue weighted by molar-refractivity contribution is 0.332. The molecule has 20 heavy (non-hydrogen) atoms. The smallest absolute Gasteiger partial charge is 0.177 e. The Balaban J connectivity index is 1.84. The molecule has 0 radical (unpaired) electrons. The summed E-state index contributed by atoms with van der Waals surface area (Å²) >= 11 is 5.46. The summed E-state index contributed by atoms with van der Waals surface area (Å²) < 4.78 is 3.09. The number of aromatic nitrogens is 2. The molecule has 1 saturated heterocycles. The molecule has 2 heterocycles. The Morgan fingerprint density at radius 3 is 2.80 bits per heavy atom. The third-order valence-corrected chi connectivity index (χ3v) is 4.53. The fourth-order valence-electron chi connectivity index (χ4n) is 3.03. The van der Waals surface area contributed by atoms with Gasteiger partial charge in [-0.15, -0.1) is 0 Å². The highest BCUT2D eigenvalue weighted by Crippen LogP contribution is 2.23. The van der Waals surface area contributed by atoms with Crippen LogP contribution in [0, 0.1) is 10.7 Å². The SMILES string of the molecule is CCN1CCC(Cn2c(-c3ccccc3)c[nH]c2=S)C1. The largest absolute Gasteiger partial charge is 0.337 e. The van der Waals surface area contributed by atoms with Gasteiger partial charge in [0.25, 0.3) is 0 Å². The van der Waals surface area contributed by atoms with E-state index >= 15 is 0 Å². The van der Waals surface area contributed by atoms with E-state index in [0.717, 1.165) is 17.9 Å². The second-order valence-corrected chi connectivity index (χ2v) is 5.89. The van der Waals surface area contributed by atoms with Crippen LogP contribution in [0.5, 0.6) is 0 Å². The average molecular weight is 287 g/mol. The number of hydrogen-bond donors (Lipinski definition) is 1. The van der Waals surface area contributed by atoms with Gasteiger partial charge in [0.2, 0.25) is 0 Å². The van der Waals surface area contributed by atoms with Crippen molar-refractivity contribution in [2.24, 2.45) is 5.92 Å². The minimum absolute atomic E-state index is 0.708. The number of likely N-dealkylation sites (tertiary alicyclic amines) is 1. The van der Waals surface area contributed by atoms with E-state index in [-0.39, 0.29) is 0 Å². The minimum atomic E-state index is 0.708. The van der Waals surface area contributed by atoms with Crippen LogP contribution in [-0.2, 0) is 6.54 Å². The molecule has 1 aliphatic rings. The standard InChI is InChI=1S/C16H21N3S/c1-2-18-9-8-13(11-18)12-19-15(10-17-16(19)20)14-6-4-3-5-7-14/h3-7,10,13H,2,8-9,11-12H2,1H3,(H,17,20). The van der Waals surface area contributed by atoms with Gasteiger partial charge in [0.15, 0.2) is 4.77 Å². The van der Waals surface area contributed by atoms with Crippen LogP contribution in [0.25, 0.3) is 11.3 Å². The van der Waals surface area contributed by atoms with Crippen molar-refractivity contribution in [2.75, 3.05) is 19.6 Å². The number of imidazole rings is 1. The van der Waals surface area contributed by atoms with Crippen LogP contribution >= 0.6 is 12.2 Å². The van der Waals surface area contributed by atoms with Crippen molar-refractivity contribution in [3.63, 3.8) is 0 Å². The molecular formula is C16H21N3S. The van der Waals surface area contributed by atoms with Gasteiger partial charge in [-0.3, -0.25) is 0 Å². The molecule has 3 nitrogen and oxygen atoms in total. The van der Waals surface area contributed by atoms with E-state index in [2.05, 4.69) is 45.6 Å². The zero-order valence-electron chi connectivity index (χ0n) is 11.9. The molecule has 1 unspecified atom stereocenters. The van der Waals surface area contributed by atoms with E-state index in [4.69, 9.17) is 12.2 Å². The summed E-state index contributed by atoms with van der Waals surface area (Å²) in [5.74, 6) is 0.708. The number of aromatic amines is 1. The van der Waals surface area contributed by atoms with Crippen LogP contribution in [0.1, 0.15) is 13.3 Å². The molecule has 1 atom stereocenters. The molecule has 2 aromatic rings. The Bertz CT molecular complexity index is 614. The van der Waals surface area contributed by atoms with Crippen LogP contribution < -0.4 is 0 Å². The fourth-order valence-corrected chi connectivity index (χ4v) is 3.26. The normalized spacial score (nSPS) is 19.6. The van der Waals surface area contributed by atoms with Gasteiger partial charge in [0, 0.05) is 19.3 Å². The molecular weight excluding hydrogens is 266 g/mol. The molecule has 0 bridgehead atoms. The number of benzene rings is 1. The Kier molecular flexibility index (Phi) is 4.03. The average Bonchev–Trinajstić information content (AvgIpc) is 3.08. The zero-order chi connectivity index (χ0) is 13.9. The monoisotopic (exact) mass is 287 g/mol. The van der Waals surface area contributed by atoms with Crippen molar-refractivity contribution in [3.8, 4) is 11.3 Å². The predicted molar refractivity (Wildman–Crippen MR) is 85.3 cm³/mol. The molecule has 4 heteroatoms. The zero-order valence-corrected chi connectivity index (χ0v) is 12.7. The molecule has 106 valence electrons. The van der Waals surface area contributed by atoms with E-state index < -0.39 is 0 Å². The number of hydrogen-bond acceptors (Lipinski definition) is 2. The molecule has 0 spiro atoms. The summed E-state index contributed by atoms with van der Waals surface area (Å²) in [6, 6.07) is 10.5. The van der Waals surface area contributed by atoms with Gasteiger partial charge in [-0.25, -0.2) is 0 Å². The van der Waals surface area contributed by atoms with E-state index in [1.165, 1.54) is 30.8 Å². The maximum absolute atomic E-state index is 5.46. The second-order valence-electron chi connectivity index (χ2n) is 5.50. The Morgan fingerprint density at radius 1 is 1.30 bits per heavy atom. The van der Waals surface area contributed by atoms with E-state index in [1.54, 1.807) is 0 Å². The van der Waals surface area contributed by atoms with Crippen LogP contribution in [-0.4, -0.2) is 34.1 Å². The third-order valence-electron chi connectivity index (χ3n) is 4.20. The summed E-state index contributed by atoms with van der Waals surface area (Å²) in [4.78, 5) is 5.72. The van der Waals surface area contributed by atoms with Gasteiger partial charge in [-0.1, -0.05) is 37.3 Å². The van der Waals surface area contributed by atoms with Crippen LogP contribution in [0.15, 0.2) is 36.5 Å². The van der Waals surface area contributed by atoms with Crippen molar-refractivity contribution >= 4 is 12.2 Å². The summed E-state index contributed by atoms with van der Waals surface area (Å²) in [6.07, 6.45) is 3.30. The topological polar surface area (TPSA) is 24.0 Å². The predicted octanol–water partition coefficient (Wildman–Crippen LogP) is 3.55. The fraction of sp³-hybridized carbons (Fsp3) is 0.438. The number of nitrogens with zero attached hydrogens (tertiary/aromatic N) is 2. The van der Waals surface area contributed by atoms with Crippen molar-refractivity contribution in [3.05, 3.63) is 41.3 Å². The van der Waals surface area contributed by atoms with E-state index in [1.807, 2.05) is 12.3 Å². The lowest BCUT2D eigenvalue weighted by atomic mass is 10.1. The number of rotatable bonds is 4. The van der Waals surface area contributed by atoms with E-state index in [0.29, 0.717) is 5.92 Å². The summed E-state index contributed by atoms with van der Waals surface area (Å²) in [5, 5.41) is 0. The van der Waals surface area contributed by atoms with Crippen molar-refractivity contribution in [1.29, 1.82) is 0 Å². The van der Waals surface area contributed by atoms with Gasteiger partial charge >= 0.3 is 0 Å². The van der Waals surface area contributed by atoms with Crippen molar-refractivity contribution < 1.29 is 0 Å². The molecule has 1 N–H and O–H groups in total. The molecule has 1 aromatic heterocycles. The Morgan fingerprint density at radius 2 is 2.10 bits per heavy atom. The first-order valence-electron chi connectivity index (χ1n) is 7.34.